The first-order valence-electron chi connectivity index (χ1n) is 7.64. The van der Waals surface area contributed by atoms with Crippen LogP contribution in [-0.4, -0.2) is 32.2 Å². The minimum atomic E-state index is 0.486. The molecule has 0 saturated carbocycles. The smallest absolute Gasteiger partial charge is 0.191 e. The van der Waals surface area contributed by atoms with Gasteiger partial charge in [0.15, 0.2) is 5.96 Å². The van der Waals surface area contributed by atoms with Crippen LogP contribution >= 0.6 is 0 Å². The highest BCUT2D eigenvalue weighted by atomic mass is 16.5. The number of ether oxygens (including phenoxy) is 1. The summed E-state index contributed by atoms with van der Waals surface area (Å²) in [5, 5.41) is 6.78. The average Bonchev–Trinajstić information content (AvgIpc) is 3.00. The molecule has 1 aromatic carbocycles. The number of hydrogen-bond acceptors (Lipinski definition) is 2. The molecule has 0 atom stereocenters. The van der Waals surface area contributed by atoms with Crippen molar-refractivity contribution < 1.29 is 4.74 Å². The molecule has 2 N–H and O–H groups in total. The van der Waals surface area contributed by atoms with Crippen LogP contribution in [0.5, 0.6) is 5.75 Å². The zero-order valence-electron chi connectivity index (χ0n) is 12.9. The van der Waals surface area contributed by atoms with Crippen molar-refractivity contribution in [3.63, 3.8) is 0 Å². The Morgan fingerprint density at radius 2 is 2.14 bits per heavy atom. The second kappa shape index (κ2) is 8.35. The van der Waals surface area contributed by atoms with Gasteiger partial charge in [0.05, 0.1) is 7.11 Å². The molecule has 0 radical (unpaired) electrons. The summed E-state index contributed by atoms with van der Waals surface area (Å²) in [6.07, 6.45) is 7.52. The summed E-state index contributed by atoms with van der Waals surface area (Å²) in [6.45, 7) is 3.74. The molecule has 0 fully saturated rings. The Kier molecular flexibility index (Phi) is 6.13. The molecule has 1 aliphatic rings. The van der Waals surface area contributed by atoms with Crippen molar-refractivity contribution >= 4 is 5.96 Å². The zero-order valence-corrected chi connectivity index (χ0v) is 12.9. The van der Waals surface area contributed by atoms with Gasteiger partial charge in [0.1, 0.15) is 5.75 Å². The van der Waals surface area contributed by atoms with Crippen LogP contribution in [0.1, 0.15) is 25.3 Å². The van der Waals surface area contributed by atoms with Gasteiger partial charge in [-0.15, -0.1) is 0 Å². The maximum absolute atomic E-state index is 5.24. The number of hydrogen-bond donors (Lipinski definition) is 2. The summed E-state index contributed by atoms with van der Waals surface area (Å²) >= 11 is 0. The first kappa shape index (κ1) is 15.4. The van der Waals surface area contributed by atoms with E-state index in [4.69, 9.17) is 4.74 Å². The lowest BCUT2D eigenvalue weighted by Crippen LogP contribution is -2.42. The third-order valence-electron chi connectivity index (χ3n) is 3.50. The van der Waals surface area contributed by atoms with Crippen LogP contribution in [0.3, 0.4) is 0 Å². The highest BCUT2D eigenvalue weighted by molar-refractivity contribution is 5.80. The van der Waals surface area contributed by atoms with Crippen LogP contribution in [0.2, 0.25) is 0 Å². The molecular weight excluding hydrogens is 262 g/mol. The van der Waals surface area contributed by atoms with E-state index < -0.39 is 0 Å². The van der Waals surface area contributed by atoms with Crippen LogP contribution in [0.4, 0.5) is 0 Å². The molecule has 0 amide bonds. The van der Waals surface area contributed by atoms with Gasteiger partial charge in [-0.25, -0.2) is 0 Å². The van der Waals surface area contributed by atoms with Crippen molar-refractivity contribution in [1.29, 1.82) is 0 Å². The minimum absolute atomic E-state index is 0.486. The van der Waals surface area contributed by atoms with Crippen molar-refractivity contribution in [3.8, 4) is 5.75 Å². The van der Waals surface area contributed by atoms with E-state index in [1.165, 1.54) is 5.56 Å². The van der Waals surface area contributed by atoms with Crippen LogP contribution in [0, 0.1) is 0 Å². The third-order valence-corrected chi connectivity index (χ3v) is 3.50. The highest BCUT2D eigenvalue weighted by Crippen LogP contribution is 2.13. The summed E-state index contributed by atoms with van der Waals surface area (Å²) in [5.74, 6) is 1.81. The molecule has 1 aliphatic carbocycles. The maximum Gasteiger partial charge on any atom is 0.191 e. The van der Waals surface area contributed by atoms with Crippen molar-refractivity contribution in [2.24, 2.45) is 4.99 Å². The van der Waals surface area contributed by atoms with Gasteiger partial charge in [0.25, 0.3) is 0 Å². The van der Waals surface area contributed by atoms with Gasteiger partial charge in [0.2, 0.25) is 0 Å². The average molecular weight is 287 g/mol. The van der Waals surface area contributed by atoms with E-state index in [1.807, 2.05) is 12.1 Å². The molecule has 21 heavy (non-hydrogen) atoms. The topological polar surface area (TPSA) is 45.7 Å². The molecule has 0 spiro atoms. The molecule has 114 valence electrons. The van der Waals surface area contributed by atoms with E-state index >= 15 is 0 Å². The number of nitrogens with one attached hydrogen (secondary N) is 2. The van der Waals surface area contributed by atoms with Crippen LogP contribution < -0.4 is 15.4 Å². The van der Waals surface area contributed by atoms with Crippen molar-refractivity contribution in [3.05, 3.63) is 42.0 Å². The molecule has 0 bridgehead atoms. The van der Waals surface area contributed by atoms with Gasteiger partial charge in [-0.1, -0.05) is 24.3 Å². The lowest BCUT2D eigenvalue weighted by Gasteiger charge is -2.16. The van der Waals surface area contributed by atoms with E-state index in [2.05, 4.69) is 46.8 Å². The standard InChI is InChI=1S/C17H25N3O/c1-3-18-17(20-15-8-4-5-9-15)19-12-11-14-7-6-10-16(13-14)21-2/h4-7,10,13,15H,3,8-9,11-12H2,1-2H3,(H2,18,19,20). The van der Waals surface area contributed by atoms with Crippen molar-refractivity contribution in [2.45, 2.75) is 32.2 Å². The fourth-order valence-electron chi connectivity index (χ4n) is 2.37. The summed E-state index contributed by atoms with van der Waals surface area (Å²) in [6, 6.07) is 8.65. The van der Waals surface area contributed by atoms with Gasteiger partial charge in [-0.2, -0.15) is 0 Å². The third kappa shape index (κ3) is 5.14. The predicted octanol–water partition coefficient (Wildman–Crippen LogP) is 2.51. The number of aliphatic imine (C=N–C) groups is 1. The van der Waals surface area contributed by atoms with Crippen molar-refractivity contribution in [1.82, 2.24) is 10.6 Å². The number of methoxy groups -OCH3 is 1. The summed E-state index contributed by atoms with van der Waals surface area (Å²) in [4.78, 5) is 4.65. The van der Waals surface area contributed by atoms with E-state index in [0.29, 0.717) is 6.04 Å². The summed E-state index contributed by atoms with van der Waals surface area (Å²) < 4.78 is 5.24. The van der Waals surface area contributed by atoms with E-state index in [0.717, 1.165) is 44.1 Å². The number of rotatable bonds is 6. The summed E-state index contributed by atoms with van der Waals surface area (Å²) in [7, 11) is 1.69. The molecule has 4 nitrogen and oxygen atoms in total. The van der Waals surface area contributed by atoms with Crippen LogP contribution in [-0.2, 0) is 6.42 Å². The Labute approximate surface area is 127 Å². The predicted molar refractivity (Wildman–Crippen MR) is 88.0 cm³/mol. The zero-order chi connectivity index (χ0) is 14.9. The van der Waals surface area contributed by atoms with Gasteiger partial charge in [-0.05, 0) is 43.9 Å². The first-order chi connectivity index (χ1) is 10.3. The normalized spacial score (nSPS) is 15.2. The molecule has 0 heterocycles. The number of benzene rings is 1. The highest BCUT2D eigenvalue weighted by Gasteiger charge is 2.11. The molecular formula is C17H25N3O. The second-order valence-electron chi connectivity index (χ2n) is 5.15. The summed E-state index contributed by atoms with van der Waals surface area (Å²) in [5.41, 5.74) is 1.25. The molecule has 0 aromatic heterocycles. The van der Waals surface area contributed by atoms with Crippen LogP contribution in [0.15, 0.2) is 41.4 Å². The Bertz CT molecular complexity index is 489. The first-order valence-corrected chi connectivity index (χ1v) is 7.64. The quantitative estimate of drug-likeness (QED) is 0.480. The number of guanidine groups is 1. The molecule has 0 saturated heterocycles. The maximum atomic E-state index is 5.24. The Morgan fingerprint density at radius 3 is 2.86 bits per heavy atom. The van der Waals surface area contributed by atoms with Gasteiger partial charge in [0, 0.05) is 19.1 Å². The fourth-order valence-corrected chi connectivity index (χ4v) is 2.37. The van der Waals surface area contributed by atoms with E-state index in [-0.39, 0.29) is 0 Å². The molecule has 0 unspecified atom stereocenters. The Morgan fingerprint density at radius 1 is 1.33 bits per heavy atom. The molecule has 0 aliphatic heterocycles. The van der Waals surface area contributed by atoms with Gasteiger partial charge >= 0.3 is 0 Å². The lowest BCUT2D eigenvalue weighted by atomic mass is 10.1. The number of nitrogens with zero attached hydrogens (tertiary/aromatic N) is 1. The van der Waals surface area contributed by atoms with Crippen molar-refractivity contribution in [2.75, 3.05) is 20.2 Å². The molecule has 1 aromatic rings. The monoisotopic (exact) mass is 287 g/mol. The fraction of sp³-hybridized carbons (Fsp3) is 0.471. The van der Waals surface area contributed by atoms with Gasteiger partial charge < -0.3 is 15.4 Å². The molecule has 4 heteroatoms. The van der Waals surface area contributed by atoms with E-state index in [1.54, 1.807) is 7.11 Å². The second-order valence-corrected chi connectivity index (χ2v) is 5.15. The Hall–Kier alpha value is -1.97. The van der Waals surface area contributed by atoms with Gasteiger partial charge in [-0.3, -0.25) is 4.99 Å². The molecule has 2 rings (SSSR count). The minimum Gasteiger partial charge on any atom is -0.497 e. The lowest BCUT2D eigenvalue weighted by molar-refractivity contribution is 0.414. The SMILES string of the molecule is CCNC(=NCCc1cccc(OC)c1)NC1CC=CC1. The largest absolute Gasteiger partial charge is 0.497 e. The Balaban J connectivity index is 1.86. The van der Waals surface area contributed by atoms with Crippen LogP contribution in [0.25, 0.3) is 0 Å². The van der Waals surface area contributed by atoms with E-state index in [9.17, 15) is 0 Å².